The van der Waals surface area contributed by atoms with Crippen molar-refractivity contribution < 1.29 is 4.79 Å². The molecule has 2 rings (SSSR count). The van der Waals surface area contributed by atoms with Crippen LogP contribution in [0.15, 0.2) is 60.7 Å². The lowest BCUT2D eigenvalue weighted by Crippen LogP contribution is -2.19. The Morgan fingerprint density at radius 1 is 0.706 bits per heavy atom. The van der Waals surface area contributed by atoms with E-state index in [2.05, 4.69) is 10.6 Å². The molecule has 2 amide bonds. The van der Waals surface area contributed by atoms with Gasteiger partial charge in [-0.2, -0.15) is 0 Å². The highest BCUT2D eigenvalue weighted by molar-refractivity contribution is 5.99. The molecule has 0 atom stereocenters. The van der Waals surface area contributed by atoms with Crippen molar-refractivity contribution >= 4 is 29.8 Å². The summed E-state index contributed by atoms with van der Waals surface area (Å²) < 4.78 is 0. The summed E-state index contributed by atoms with van der Waals surface area (Å²) in [5.74, 6) is 0. The fraction of sp³-hybridized carbons (Fsp3) is 0. The summed E-state index contributed by atoms with van der Waals surface area (Å²) in [5.41, 5.74) is 1.55. The number of amides is 2. The predicted octanol–water partition coefficient (Wildman–Crippen LogP) is 3.75. The van der Waals surface area contributed by atoms with E-state index in [-0.39, 0.29) is 18.4 Å². The van der Waals surface area contributed by atoms with E-state index in [1.54, 1.807) is 0 Å². The van der Waals surface area contributed by atoms with Crippen molar-refractivity contribution in [1.29, 1.82) is 0 Å². The van der Waals surface area contributed by atoms with Crippen LogP contribution in [0.5, 0.6) is 0 Å². The molecular weight excluding hydrogens is 236 g/mol. The summed E-state index contributed by atoms with van der Waals surface area (Å²) in [4.78, 5) is 11.6. The lowest BCUT2D eigenvalue weighted by molar-refractivity contribution is 0.262. The first-order chi connectivity index (χ1) is 7.84. The molecule has 3 nitrogen and oxygen atoms in total. The number of carbonyl (C=O) groups excluding carboxylic acids is 1. The molecule has 2 N–H and O–H groups in total. The van der Waals surface area contributed by atoms with Gasteiger partial charge in [-0.3, -0.25) is 0 Å². The van der Waals surface area contributed by atoms with Gasteiger partial charge in [0.25, 0.3) is 0 Å². The Hall–Kier alpha value is -2.00. The Morgan fingerprint density at radius 3 is 1.41 bits per heavy atom. The molecule has 0 heterocycles. The van der Waals surface area contributed by atoms with Crippen LogP contribution in [0.3, 0.4) is 0 Å². The van der Waals surface area contributed by atoms with E-state index in [4.69, 9.17) is 0 Å². The summed E-state index contributed by atoms with van der Waals surface area (Å²) >= 11 is 0. The van der Waals surface area contributed by atoms with Gasteiger partial charge in [-0.15, -0.1) is 12.4 Å². The van der Waals surface area contributed by atoms with Gasteiger partial charge >= 0.3 is 6.03 Å². The molecule has 4 heteroatoms. The molecule has 0 spiro atoms. The molecule has 17 heavy (non-hydrogen) atoms. The Kier molecular flexibility index (Phi) is 5.04. The second-order valence-electron chi connectivity index (χ2n) is 3.31. The Balaban J connectivity index is 0.00000144. The zero-order valence-corrected chi connectivity index (χ0v) is 9.91. The van der Waals surface area contributed by atoms with Crippen LogP contribution in [0.25, 0.3) is 0 Å². The fourth-order valence-corrected chi connectivity index (χ4v) is 1.34. The fourth-order valence-electron chi connectivity index (χ4n) is 1.34. The number of nitrogens with one attached hydrogen (secondary N) is 2. The number of carbonyl (C=O) groups is 1. The SMILES string of the molecule is Cl.O=C(Nc1ccccc1)Nc1ccccc1. The molecule has 0 saturated carbocycles. The number of rotatable bonds is 2. The van der Waals surface area contributed by atoms with E-state index in [1.807, 2.05) is 60.7 Å². The summed E-state index contributed by atoms with van der Waals surface area (Å²) in [6.45, 7) is 0. The standard InChI is InChI=1S/C13H12N2O.ClH/c16-13(14-11-7-3-1-4-8-11)15-12-9-5-2-6-10-12;/h1-10H,(H2,14,15,16);1H. The zero-order chi connectivity index (χ0) is 11.2. The first-order valence-corrected chi connectivity index (χ1v) is 5.03. The molecule has 0 aliphatic heterocycles. The Labute approximate surface area is 106 Å². The summed E-state index contributed by atoms with van der Waals surface area (Å²) in [5, 5.41) is 5.48. The highest BCUT2D eigenvalue weighted by Gasteiger charge is 2.00. The highest BCUT2D eigenvalue weighted by Crippen LogP contribution is 2.08. The van der Waals surface area contributed by atoms with E-state index in [1.165, 1.54) is 0 Å². The van der Waals surface area contributed by atoms with E-state index in [0.29, 0.717) is 0 Å². The molecule has 0 fully saturated rings. The van der Waals surface area contributed by atoms with Gasteiger partial charge in [0.2, 0.25) is 0 Å². The molecule has 2 aromatic rings. The van der Waals surface area contributed by atoms with Crippen LogP contribution in [0.1, 0.15) is 0 Å². The monoisotopic (exact) mass is 248 g/mol. The first kappa shape index (κ1) is 13.1. The van der Waals surface area contributed by atoms with Crippen molar-refractivity contribution in [2.45, 2.75) is 0 Å². The summed E-state index contributed by atoms with van der Waals surface area (Å²) in [6.07, 6.45) is 0. The first-order valence-electron chi connectivity index (χ1n) is 5.03. The van der Waals surface area contributed by atoms with E-state index < -0.39 is 0 Å². The minimum atomic E-state index is -0.239. The molecule has 0 radical (unpaired) electrons. The second kappa shape index (κ2) is 6.55. The summed E-state index contributed by atoms with van der Waals surface area (Å²) in [6, 6.07) is 18.4. The largest absolute Gasteiger partial charge is 0.323 e. The lowest BCUT2D eigenvalue weighted by Gasteiger charge is -2.06. The molecular formula is C13H13ClN2O. The maximum absolute atomic E-state index is 11.6. The predicted molar refractivity (Wildman–Crippen MR) is 72.8 cm³/mol. The number of anilines is 2. The van der Waals surface area contributed by atoms with Crippen molar-refractivity contribution in [2.24, 2.45) is 0 Å². The molecule has 0 unspecified atom stereocenters. The third-order valence-corrected chi connectivity index (χ3v) is 2.06. The number of urea groups is 1. The second-order valence-corrected chi connectivity index (χ2v) is 3.31. The molecule has 0 aromatic heterocycles. The smallest absolute Gasteiger partial charge is 0.308 e. The molecule has 0 bridgehead atoms. The van der Waals surface area contributed by atoms with E-state index in [0.717, 1.165) is 11.4 Å². The van der Waals surface area contributed by atoms with Gasteiger partial charge in [0.1, 0.15) is 0 Å². The van der Waals surface area contributed by atoms with Gasteiger partial charge in [0.05, 0.1) is 0 Å². The average molecular weight is 249 g/mol. The van der Waals surface area contributed by atoms with Crippen molar-refractivity contribution in [1.82, 2.24) is 0 Å². The van der Waals surface area contributed by atoms with Crippen LogP contribution in [0, 0.1) is 0 Å². The third kappa shape index (κ3) is 4.17. The average Bonchev–Trinajstić information content (AvgIpc) is 2.31. The lowest BCUT2D eigenvalue weighted by atomic mass is 10.3. The Morgan fingerprint density at radius 2 is 1.06 bits per heavy atom. The number of halogens is 1. The maximum Gasteiger partial charge on any atom is 0.323 e. The van der Waals surface area contributed by atoms with E-state index in [9.17, 15) is 4.79 Å². The van der Waals surface area contributed by atoms with Crippen LogP contribution in [-0.2, 0) is 0 Å². The van der Waals surface area contributed by atoms with Crippen LogP contribution < -0.4 is 10.6 Å². The number of para-hydroxylation sites is 2. The quantitative estimate of drug-likeness (QED) is 0.835. The number of hydrogen-bond donors (Lipinski definition) is 2. The van der Waals surface area contributed by atoms with Gasteiger partial charge < -0.3 is 10.6 Å². The van der Waals surface area contributed by atoms with Gasteiger partial charge in [0, 0.05) is 11.4 Å². The molecule has 0 aliphatic carbocycles. The van der Waals surface area contributed by atoms with Gasteiger partial charge in [-0.25, -0.2) is 4.79 Å². The van der Waals surface area contributed by atoms with Crippen molar-refractivity contribution in [2.75, 3.05) is 10.6 Å². The molecule has 2 aromatic carbocycles. The van der Waals surface area contributed by atoms with Crippen LogP contribution in [0.2, 0.25) is 0 Å². The Bertz CT molecular complexity index is 416. The zero-order valence-electron chi connectivity index (χ0n) is 9.09. The number of benzene rings is 2. The highest BCUT2D eigenvalue weighted by atomic mass is 35.5. The van der Waals surface area contributed by atoms with Crippen molar-refractivity contribution in [3.63, 3.8) is 0 Å². The van der Waals surface area contributed by atoms with Gasteiger partial charge in [-0.05, 0) is 24.3 Å². The van der Waals surface area contributed by atoms with Gasteiger partial charge in [0.15, 0.2) is 0 Å². The van der Waals surface area contributed by atoms with Crippen molar-refractivity contribution in [3.8, 4) is 0 Å². The molecule has 0 aliphatic rings. The van der Waals surface area contributed by atoms with Crippen molar-refractivity contribution in [3.05, 3.63) is 60.7 Å². The van der Waals surface area contributed by atoms with Crippen LogP contribution >= 0.6 is 12.4 Å². The topological polar surface area (TPSA) is 41.1 Å². The van der Waals surface area contributed by atoms with E-state index >= 15 is 0 Å². The van der Waals surface area contributed by atoms with Crippen LogP contribution in [-0.4, -0.2) is 6.03 Å². The summed E-state index contributed by atoms with van der Waals surface area (Å²) in [7, 11) is 0. The van der Waals surface area contributed by atoms with Crippen LogP contribution in [0.4, 0.5) is 16.2 Å². The molecule has 0 saturated heterocycles. The third-order valence-electron chi connectivity index (χ3n) is 2.06. The molecule has 88 valence electrons. The van der Waals surface area contributed by atoms with Gasteiger partial charge in [-0.1, -0.05) is 36.4 Å². The number of hydrogen-bond acceptors (Lipinski definition) is 1. The maximum atomic E-state index is 11.6. The minimum absolute atomic E-state index is 0. The normalized spacial score (nSPS) is 8.94. The minimum Gasteiger partial charge on any atom is -0.308 e.